The minimum atomic E-state index is -0.315. The Hall–Kier alpha value is -1.15. The number of anilines is 1. The molecular weight excluding hydrogens is 356 g/mol. The average Bonchev–Trinajstić information content (AvgIpc) is 2.85. The van der Waals surface area contributed by atoms with Crippen molar-refractivity contribution >= 4 is 48.9 Å². The first kappa shape index (κ1) is 14.8. The van der Waals surface area contributed by atoms with E-state index >= 15 is 0 Å². The Balaban J connectivity index is 1.95. The van der Waals surface area contributed by atoms with E-state index in [-0.39, 0.29) is 18.6 Å². The van der Waals surface area contributed by atoms with Gasteiger partial charge in [0.05, 0.1) is 25.0 Å². The second kappa shape index (κ2) is 5.92. The van der Waals surface area contributed by atoms with Crippen molar-refractivity contribution < 1.29 is 14.6 Å². The number of aliphatic hydroxyl groups excluding tert-OH is 1. The number of hydrogen-bond donors (Lipinski definition) is 2. The van der Waals surface area contributed by atoms with Crippen molar-refractivity contribution in [2.75, 3.05) is 32.0 Å². The lowest BCUT2D eigenvalue weighted by Crippen LogP contribution is -2.46. The molecule has 1 aromatic carbocycles. The van der Waals surface area contributed by atoms with Gasteiger partial charge in [0.25, 0.3) is 5.91 Å². The molecule has 1 aromatic heterocycles. The molecule has 0 aliphatic carbocycles. The van der Waals surface area contributed by atoms with Crippen LogP contribution >= 0.6 is 27.3 Å². The zero-order valence-corrected chi connectivity index (χ0v) is 13.6. The lowest BCUT2D eigenvalue weighted by molar-refractivity contribution is -0.0445. The SMILES string of the molecule is Nc1c(C(=O)N2CCOC(CO)C2)sc2cccc(Br)c12. The highest BCUT2D eigenvalue weighted by molar-refractivity contribution is 9.10. The van der Waals surface area contributed by atoms with Crippen LogP contribution in [0.3, 0.4) is 0 Å². The lowest BCUT2D eigenvalue weighted by Gasteiger charge is -2.31. The molecule has 1 atom stereocenters. The van der Waals surface area contributed by atoms with Crippen LogP contribution in [0.15, 0.2) is 22.7 Å². The third-order valence-electron chi connectivity index (χ3n) is 3.53. The van der Waals surface area contributed by atoms with Crippen LogP contribution in [0.1, 0.15) is 9.67 Å². The van der Waals surface area contributed by atoms with Gasteiger partial charge in [0.15, 0.2) is 0 Å². The van der Waals surface area contributed by atoms with Gasteiger partial charge in [0, 0.05) is 27.6 Å². The van der Waals surface area contributed by atoms with Gasteiger partial charge >= 0.3 is 0 Å². The molecule has 1 amide bonds. The standard InChI is InChI=1S/C14H15BrN2O3S/c15-9-2-1-3-10-11(9)12(16)13(21-10)14(19)17-4-5-20-8(6-17)7-18/h1-3,8,18H,4-7,16H2. The Morgan fingerprint density at radius 1 is 1.57 bits per heavy atom. The van der Waals surface area contributed by atoms with E-state index in [0.717, 1.165) is 14.6 Å². The zero-order chi connectivity index (χ0) is 15.0. The Morgan fingerprint density at radius 2 is 2.38 bits per heavy atom. The summed E-state index contributed by atoms with van der Waals surface area (Å²) in [5.74, 6) is -0.0950. The van der Waals surface area contributed by atoms with E-state index in [0.29, 0.717) is 30.3 Å². The first-order valence-corrected chi connectivity index (χ1v) is 8.21. The van der Waals surface area contributed by atoms with Gasteiger partial charge in [-0.3, -0.25) is 4.79 Å². The molecule has 1 unspecified atom stereocenters. The van der Waals surface area contributed by atoms with Crippen molar-refractivity contribution in [2.24, 2.45) is 0 Å². The summed E-state index contributed by atoms with van der Waals surface area (Å²) in [5.41, 5.74) is 6.68. The largest absolute Gasteiger partial charge is 0.397 e. The second-order valence-electron chi connectivity index (χ2n) is 4.88. The predicted octanol–water partition coefficient (Wildman–Crippen LogP) is 2.08. The number of nitrogens with zero attached hydrogens (tertiary/aromatic N) is 1. The van der Waals surface area contributed by atoms with E-state index in [9.17, 15) is 9.90 Å². The second-order valence-corrected chi connectivity index (χ2v) is 6.79. The number of nitrogens with two attached hydrogens (primary N) is 1. The van der Waals surface area contributed by atoms with Gasteiger partial charge in [-0.1, -0.05) is 22.0 Å². The number of benzene rings is 1. The number of amides is 1. The quantitative estimate of drug-likeness (QED) is 0.848. The summed E-state index contributed by atoms with van der Waals surface area (Å²) in [4.78, 5) is 14.9. The number of fused-ring (bicyclic) bond motifs is 1. The molecule has 0 bridgehead atoms. The molecule has 5 nitrogen and oxygen atoms in total. The maximum absolute atomic E-state index is 12.7. The fourth-order valence-electron chi connectivity index (χ4n) is 2.45. The Labute approximate surface area is 134 Å². The number of carbonyl (C=O) groups excluding carboxylic acids is 1. The molecule has 1 aliphatic rings. The number of carbonyl (C=O) groups is 1. The molecule has 0 saturated carbocycles. The predicted molar refractivity (Wildman–Crippen MR) is 86.7 cm³/mol. The first-order chi connectivity index (χ1) is 10.1. The van der Waals surface area contributed by atoms with Crippen LogP contribution in [0.5, 0.6) is 0 Å². The highest BCUT2D eigenvalue weighted by atomic mass is 79.9. The summed E-state index contributed by atoms with van der Waals surface area (Å²) in [5, 5.41) is 10.1. The summed E-state index contributed by atoms with van der Waals surface area (Å²) in [7, 11) is 0. The highest BCUT2D eigenvalue weighted by Crippen LogP contribution is 2.38. The molecule has 1 saturated heterocycles. The fraction of sp³-hybridized carbons (Fsp3) is 0.357. The summed E-state index contributed by atoms with van der Waals surface area (Å²) in [6.07, 6.45) is -0.315. The van der Waals surface area contributed by atoms with E-state index in [1.54, 1.807) is 4.90 Å². The number of hydrogen-bond acceptors (Lipinski definition) is 5. The molecule has 21 heavy (non-hydrogen) atoms. The normalized spacial score (nSPS) is 19.1. The van der Waals surface area contributed by atoms with Crippen LogP contribution in [-0.2, 0) is 4.74 Å². The number of rotatable bonds is 2. The molecule has 2 heterocycles. The van der Waals surface area contributed by atoms with Crippen LogP contribution < -0.4 is 5.73 Å². The number of aliphatic hydroxyl groups is 1. The third-order valence-corrected chi connectivity index (χ3v) is 5.34. The van der Waals surface area contributed by atoms with Crippen LogP contribution in [0.4, 0.5) is 5.69 Å². The van der Waals surface area contributed by atoms with Crippen LogP contribution in [0.25, 0.3) is 10.1 Å². The molecule has 0 radical (unpaired) electrons. The van der Waals surface area contributed by atoms with E-state index < -0.39 is 0 Å². The van der Waals surface area contributed by atoms with E-state index in [4.69, 9.17) is 10.5 Å². The molecule has 3 N–H and O–H groups in total. The molecular formula is C14H15BrN2O3S. The number of nitrogen functional groups attached to an aromatic ring is 1. The lowest BCUT2D eigenvalue weighted by atomic mass is 10.2. The van der Waals surface area contributed by atoms with Gasteiger partial charge in [0.2, 0.25) is 0 Å². The molecule has 0 spiro atoms. The van der Waals surface area contributed by atoms with E-state index in [1.165, 1.54) is 11.3 Å². The topological polar surface area (TPSA) is 75.8 Å². The summed E-state index contributed by atoms with van der Waals surface area (Å²) < 4.78 is 7.25. The highest BCUT2D eigenvalue weighted by Gasteiger charge is 2.27. The van der Waals surface area contributed by atoms with Gasteiger partial charge < -0.3 is 20.5 Å². The number of ether oxygens (including phenoxy) is 1. The Bertz CT molecular complexity index is 688. The molecule has 7 heteroatoms. The van der Waals surface area contributed by atoms with Crippen LogP contribution in [0.2, 0.25) is 0 Å². The Kier molecular flexibility index (Phi) is 4.17. The molecule has 112 valence electrons. The van der Waals surface area contributed by atoms with Crippen molar-refractivity contribution in [2.45, 2.75) is 6.10 Å². The summed E-state index contributed by atoms with van der Waals surface area (Å²) in [6.45, 7) is 1.26. The van der Waals surface area contributed by atoms with Gasteiger partial charge in [-0.05, 0) is 12.1 Å². The van der Waals surface area contributed by atoms with Gasteiger partial charge in [-0.25, -0.2) is 0 Å². The number of morpholine rings is 1. The minimum Gasteiger partial charge on any atom is -0.397 e. The maximum atomic E-state index is 12.7. The van der Waals surface area contributed by atoms with Gasteiger partial charge in [-0.2, -0.15) is 0 Å². The molecule has 1 fully saturated rings. The zero-order valence-electron chi connectivity index (χ0n) is 11.2. The van der Waals surface area contributed by atoms with Crippen LogP contribution in [-0.4, -0.2) is 48.3 Å². The molecule has 1 aliphatic heterocycles. The van der Waals surface area contributed by atoms with Gasteiger partial charge in [-0.15, -0.1) is 11.3 Å². The monoisotopic (exact) mass is 370 g/mol. The average molecular weight is 371 g/mol. The number of thiophene rings is 1. The van der Waals surface area contributed by atoms with Crippen molar-refractivity contribution in [3.63, 3.8) is 0 Å². The fourth-order valence-corrected chi connectivity index (χ4v) is 4.27. The van der Waals surface area contributed by atoms with Gasteiger partial charge in [0.1, 0.15) is 4.88 Å². The third kappa shape index (κ3) is 2.66. The van der Waals surface area contributed by atoms with Crippen molar-refractivity contribution in [1.82, 2.24) is 4.90 Å². The smallest absolute Gasteiger partial charge is 0.266 e. The van der Waals surface area contributed by atoms with Crippen molar-refractivity contribution in [1.29, 1.82) is 0 Å². The summed E-state index contributed by atoms with van der Waals surface area (Å²) in [6, 6.07) is 5.79. The van der Waals surface area contributed by atoms with E-state index in [1.807, 2.05) is 18.2 Å². The molecule has 3 rings (SSSR count). The number of halogens is 1. The Morgan fingerprint density at radius 3 is 3.10 bits per heavy atom. The van der Waals surface area contributed by atoms with Crippen molar-refractivity contribution in [3.8, 4) is 0 Å². The maximum Gasteiger partial charge on any atom is 0.266 e. The minimum absolute atomic E-state index is 0.0861. The van der Waals surface area contributed by atoms with Crippen molar-refractivity contribution in [3.05, 3.63) is 27.5 Å². The van der Waals surface area contributed by atoms with E-state index in [2.05, 4.69) is 15.9 Å². The molecule has 2 aromatic rings. The summed E-state index contributed by atoms with van der Waals surface area (Å²) >= 11 is 4.87. The van der Waals surface area contributed by atoms with Crippen LogP contribution in [0, 0.1) is 0 Å². The first-order valence-electron chi connectivity index (χ1n) is 6.60.